The fourth-order valence-electron chi connectivity index (χ4n) is 0.651. The third-order valence-electron chi connectivity index (χ3n) is 1.39. The van der Waals surface area contributed by atoms with Crippen LogP contribution < -0.4 is 0 Å². The molecular weight excluding hydrogens is 142 g/mol. The molecule has 0 aromatic rings. The average Bonchev–Trinajstić information content (AvgIpc) is 2.05. The predicted octanol–water partition coefficient (Wildman–Crippen LogP) is 0.269. The lowest BCUT2D eigenvalue weighted by molar-refractivity contribution is -0.119. The number of hydrogen-bond donors (Lipinski definition) is 0. The Hall–Kier alpha value is -1.55. The highest BCUT2D eigenvalue weighted by atomic mass is 16.1. The van der Waals surface area contributed by atoms with Gasteiger partial charge in [0.25, 0.3) is 0 Å². The van der Waals surface area contributed by atoms with E-state index in [1.165, 1.54) is 4.90 Å². The zero-order chi connectivity index (χ0) is 8.85. The van der Waals surface area contributed by atoms with Gasteiger partial charge in [0.15, 0.2) is 0 Å². The summed E-state index contributed by atoms with van der Waals surface area (Å²) < 4.78 is 0. The van der Waals surface area contributed by atoms with Gasteiger partial charge in [0.2, 0.25) is 6.41 Å². The van der Waals surface area contributed by atoms with Crippen LogP contribution in [0.25, 0.3) is 0 Å². The molecule has 0 aromatic heterocycles. The van der Waals surface area contributed by atoms with Crippen LogP contribution in [-0.2, 0) is 4.79 Å². The number of hydrogen-bond acceptors (Lipinski definition) is 3. The van der Waals surface area contributed by atoms with Crippen molar-refractivity contribution < 1.29 is 4.79 Å². The fourth-order valence-corrected chi connectivity index (χ4v) is 0.651. The van der Waals surface area contributed by atoms with Crippen molar-refractivity contribution in [2.75, 3.05) is 0 Å². The quantitative estimate of drug-likeness (QED) is 0.543. The maximum Gasteiger partial charge on any atom is 0.211 e. The van der Waals surface area contributed by atoms with E-state index in [9.17, 15) is 4.79 Å². The van der Waals surface area contributed by atoms with Gasteiger partial charge in [-0.05, 0) is 13.8 Å². The Morgan fingerprint density at radius 1 is 1.27 bits per heavy atom. The summed E-state index contributed by atoms with van der Waals surface area (Å²) in [6, 6.07) is 2.67. The second-order valence-electron chi connectivity index (χ2n) is 2.16. The predicted molar refractivity (Wildman–Crippen MR) is 38.1 cm³/mol. The van der Waals surface area contributed by atoms with E-state index in [-0.39, 0.29) is 0 Å². The smallest absolute Gasteiger partial charge is 0.211 e. The Balaban J connectivity index is 4.32. The minimum atomic E-state index is -0.540. The monoisotopic (exact) mass is 151 g/mol. The molecular formula is C7H9N3O. The summed E-state index contributed by atoms with van der Waals surface area (Å²) in [5, 5.41) is 16.8. The van der Waals surface area contributed by atoms with Gasteiger partial charge in [-0.25, -0.2) is 0 Å². The van der Waals surface area contributed by atoms with Crippen LogP contribution in [0, 0.1) is 22.7 Å². The second kappa shape index (κ2) is 4.29. The number of nitriles is 2. The Morgan fingerprint density at radius 2 is 1.64 bits per heavy atom. The first kappa shape index (κ1) is 9.45. The molecule has 0 radical (unpaired) electrons. The van der Waals surface area contributed by atoms with Crippen molar-refractivity contribution in [2.45, 2.75) is 25.9 Å². The van der Waals surface area contributed by atoms with Crippen molar-refractivity contribution in [3.63, 3.8) is 0 Å². The Bertz CT molecular complexity index is 193. The molecule has 11 heavy (non-hydrogen) atoms. The molecule has 0 N–H and O–H groups in total. The van der Waals surface area contributed by atoms with Gasteiger partial charge in [-0.2, -0.15) is 10.5 Å². The van der Waals surface area contributed by atoms with E-state index in [4.69, 9.17) is 10.5 Å². The first-order valence-electron chi connectivity index (χ1n) is 3.19. The van der Waals surface area contributed by atoms with Crippen LogP contribution in [0.4, 0.5) is 0 Å². The van der Waals surface area contributed by atoms with E-state index >= 15 is 0 Å². The minimum absolute atomic E-state index is 0.516. The highest BCUT2D eigenvalue weighted by molar-refractivity contribution is 5.50. The fraction of sp³-hybridized carbons (Fsp3) is 0.571. The van der Waals surface area contributed by atoms with E-state index in [1.54, 1.807) is 13.8 Å². The van der Waals surface area contributed by atoms with Crippen molar-refractivity contribution >= 4 is 6.41 Å². The summed E-state index contributed by atoms with van der Waals surface area (Å²) in [6.07, 6.45) is 0.516. The van der Waals surface area contributed by atoms with Crippen molar-refractivity contribution in [2.24, 2.45) is 0 Å². The molecule has 0 bridgehead atoms. The van der Waals surface area contributed by atoms with Gasteiger partial charge >= 0.3 is 0 Å². The highest BCUT2D eigenvalue weighted by Crippen LogP contribution is 1.99. The Morgan fingerprint density at radius 3 is 1.82 bits per heavy atom. The molecule has 0 rings (SSSR count). The molecule has 0 fully saturated rings. The van der Waals surface area contributed by atoms with E-state index in [1.807, 2.05) is 12.1 Å². The van der Waals surface area contributed by atoms with Gasteiger partial charge in [0.05, 0.1) is 12.1 Å². The Labute approximate surface area is 65.6 Å². The van der Waals surface area contributed by atoms with E-state index in [2.05, 4.69) is 0 Å². The van der Waals surface area contributed by atoms with Crippen molar-refractivity contribution in [1.82, 2.24) is 4.90 Å². The lowest BCUT2D eigenvalue weighted by Gasteiger charge is -2.21. The molecule has 0 aromatic carbocycles. The van der Waals surface area contributed by atoms with E-state index < -0.39 is 12.1 Å². The van der Waals surface area contributed by atoms with E-state index in [0.29, 0.717) is 6.41 Å². The topological polar surface area (TPSA) is 67.9 Å². The normalized spacial score (nSPS) is 13.8. The molecule has 0 spiro atoms. The summed E-state index contributed by atoms with van der Waals surface area (Å²) in [7, 11) is 0. The van der Waals surface area contributed by atoms with Crippen molar-refractivity contribution in [1.29, 1.82) is 10.5 Å². The molecule has 0 aliphatic rings. The molecule has 0 aliphatic heterocycles. The zero-order valence-corrected chi connectivity index (χ0v) is 6.48. The van der Waals surface area contributed by atoms with Gasteiger partial charge in [-0.15, -0.1) is 0 Å². The number of carbonyl (C=O) groups is 1. The van der Waals surface area contributed by atoms with Crippen LogP contribution in [0.1, 0.15) is 13.8 Å². The summed E-state index contributed by atoms with van der Waals surface area (Å²) in [6.45, 7) is 3.14. The largest absolute Gasteiger partial charge is 0.314 e. The zero-order valence-electron chi connectivity index (χ0n) is 6.48. The third-order valence-corrected chi connectivity index (χ3v) is 1.39. The van der Waals surface area contributed by atoms with Gasteiger partial charge < -0.3 is 4.90 Å². The molecule has 0 saturated carbocycles. The minimum Gasteiger partial charge on any atom is -0.314 e. The lowest BCUT2D eigenvalue weighted by Crippen LogP contribution is -2.37. The molecule has 0 aliphatic carbocycles. The lowest BCUT2D eigenvalue weighted by atomic mass is 10.2. The standard InChI is InChI=1S/C7H9N3O/c1-6(3-8)10(5-11)7(2)4-9/h5-7H,1-2H3. The molecule has 1 amide bonds. The number of rotatable bonds is 3. The number of amides is 1. The molecule has 4 nitrogen and oxygen atoms in total. The van der Waals surface area contributed by atoms with Gasteiger partial charge in [-0.1, -0.05) is 0 Å². The molecule has 0 heterocycles. The van der Waals surface area contributed by atoms with Crippen LogP contribution in [0.2, 0.25) is 0 Å². The Kier molecular flexibility index (Phi) is 3.69. The van der Waals surface area contributed by atoms with Crippen molar-refractivity contribution in [3.8, 4) is 12.1 Å². The van der Waals surface area contributed by atoms with Gasteiger partial charge in [0, 0.05) is 0 Å². The SMILES string of the molecule is CC(C#N)N(C=O)C(C)C#N. The van der Waals surface area contributed by atoms with Crippen LogP contribution >= 0.6 is 0 Å². The summed E-state index contributed by atoms with van der Waals surface area (Å²) in [4.78, 5) is 11.5. The second-order valence-corrected chi connectivity index (χ2v) is 2.16. The molecule has 2 atom stereocenters. The third kappa shape index (κ3) is 2.27. The van der Waals surface area contributed by atoms with Crippen LogP contribution in [-0.4, -0.2) is 23.4 Å². The van der Waals surface area contributed by atoms with E-state index in [0.717, 1.165) is 0 Å². The average molecular weight is 151 g/mol. The van der Waals surface area contributed by atoms with Crippen molar-refractivity contribution in [3.05, 3.63) is 0 Å². The summed E-state index contributed by atoms with van der Waals surface area (Å²) >= 11 is 0. The number of nitrogens with zero attached hydrogens (tertiary/aromatic N) is 3. The maximum atomic E-state index is 10.3. The van der Waals surface area contributed by atoms with Crippen LogP contribution in [0.15, 0.2) is 0 Å². The summed E-state index contributed by atoms with van der Waals surface area (Å²) in [5.41, 5.74) is 0. The van der Waals surface area contributed by atoms with Gasteiger partial charge in [-0.3, -0.25) is 4.79 Å². The summed E-state index contributed by atoms with van der Waals surface area (Å²) in [5.74, 6) is 0. The first-order chi connectivity index (χ1) is 5.17. The van der Waals surface area contributed by atoms with Crippen LogP contribution in [0.5, 0.6) is 0 Å². The highest BCUT2D eigenvalue weighted by Gasteiger charge is 2.16. The molecule has 4 heteroatoms. The number of carbonyl (C=O) groups excluding carboxylic acids is 1. The molecule has 2 unspecified atom stereocenters. The maximum absolute atomic E-state index is 10.3. The van der Waals surface area contributed by atoms with Crippen LogP contribution in [0.3, 0.4) is 0 Å². The molecule has 58 valence electrons. The van der Waals surface area contributed by atoms with Gasteiger partial charge in [0.1, 0.15) is 12.1 Å². The molecule has 0 saturated heterocycles. The first-order valence-corrected chi connectivity index (χ1v) is 3.19.